The fraction of sp³-hybridized carbons (Fsp3) is 0.118. The van der Waals surface area contributed by atoms with Gasteiger partial charge in [-0.1, -0.05) is 35.3 Å². The van der Waals surface area contributed by atoms with Crippen molar-refractivity contribution in [2.24, 2.45) is 5.73 Å². The van der Waals surface area contributed by atoms with E-state index in [4.69, 9.17) is 33.7 Å². The lowest BCUT2D eigenvalue weighted by Crippen LogP contribution is -2.21. The fourth-order valence-corrected chi connectivity index (χ4v) is 3.19. The molecule has 3 N–H and O–H groups in total. The summed E-state index contributed by atoms with van der Waals surface area (Å²) >= 11 is 12.8. The molecule has 2 amide bonds. The summed E-state index contributed by atoms with van der Waals surface area (Å²) in [5.74, 6) is -1.64. The maximum Gasteiger partial charge on any atom is 0.338 e. The molecule has 0 aliphatic carbocycles. The van der Waals surface area contributed by atoms with Crippen LogP contribution in [0.1, 0.15) is 10.4 Å². The van der Waals surface area contributed by atoms with Gasteiger partial charge in [0.05, 0.1) is 17.0 Å². The summed E-state index contributed by atoms with van der Waals surface area (Å²) in [5, 5.41) is 3.20. The molecule has 2 rings (SSSR count). The molecule has 0 aliphatic rings. The Morgan fingerprint density at radius 3 is 2.38 bits per heavy atom. The van der Waals surface area contributed by atoms with Gasteiger partial charge in [0.2, 0.25) is 5.91 Å². The molecule has 26 heavy (non-hydrogen) atoms. The van der Waals surface area contributed by atoms with Crippen molar-refractivity contribution in [3.63, 3.8) is 0 Å². The third-order valence-corrected chi connectivity index (χ3v) is 4.50. The number of ether oxygens (including phenoxy) is 1. The van der Waals surface area contributed by atoms with Crippen molar-refractivity contribution < 1.29 is 19.1 Å². The Balaban J connectivity index is 1.94. The number of esters is 1. The second-order valence-electron chi connectivity index (χ2n) is 5.03. The van der Waals surface area contributed by atoms with Gasteiger partial charge in [-0.05, 0) is 30.3 Å². The van der Waals surface area contributed by atoms with E-state index in [2.05, 4.69) is 5.32 Å². The van der Waals surface area contributed by atoms with Gasteiger partial charge < -0.3 is 15.8 Å². The minimum absolute atomic E-state index is 0.0807. The second kappa shape index (κ2) is 9.47. The Hall–Kier alpha value is -2.22. The number of halogens is 2. The highest BCUT2D eigenvalue weighted by atomic mass is 35.5. The summed E-state index contributed by atoms with van der Waals surface area (Å²) in [6, 6.07) is 11.2. The van der Waals surface area contributed by atoms with E-state index < -0.39 is 24.4 Å². The molecule has 136 valence electrons. The number of primary amides is 1. The maximum atomic E-state index is 12.0. The van der Waals surface area contributed by atoms with Gasteiger partial charge in [0, 0.05) is 14.9 Å². The molecule has 0 saturated heterocycles. The fourth-order valence-electron chi connectivity index (χ4n) is 1.92. The normalized spacial score (nSPS) is 10.2. The second-order valence-corrected chi connectivity index (χ2v) is 6.92. The third-order valence-electron chi connectivity index (χ3n) is 2.96. The van der Waals surface area contributed by atoms with E-state index in [1.54, 1.807) is 24.3 Å². The highest BCUT2D eigenvalue weighted by Crippen LogP contribution is 2.26. The lowest BCUT2D eigenvalue weighted by atomic mass is 10.2. The first-order chi connectivity index (χ1) is 12.3. The Labute approximate surface area is 164 Å². The molecule has 0 radical (unpaired) electrons. The summed E-state index contributed by atoms with van der Waals surface area (Å²) in [5.41, 5.74) is 5.76. The molecule has 0 aliphatic heterocycles. The van der Waals surface area contributed by atoms with Gasteiger partial charge >= 0.3 is 5.97 Å². The minimum atomic E-state index is -0.721. The Morgan fingerprint density at radius 1 is 1.08 bits per heavy atom. The number of anilines is 1. The molecule has 0 saturated carbocycles. The van der Waals surface area contributed by atoms with Gasteiger partial charge in [-0.2, -0.15) is 0 Å². The number of thioether (sulfide) groups is 1. The maximum absolute atomic E-state index is 12.0. The quantitative estimate of drug-likeness (QED) is 0.536. The number of rotatable bonds is 7. The highest BCUT2D eigenvalue weighted by Gasteiger charge is 2.13. The van der Waals surface area contributed by atoms with Crippen molar-refractivity contribution in [1.82, 2.24) is 0 Å². The van der Waals surface area contributed by atoms with Gasteiger partial charge in [0.1, 0.15) is 0 Å². The van der Waals surface area contributed by atoms with Crippen LogP contribution in [0.15, 0.2) is 47.4 Å². The molecule has 6 nitrogen and oxygen atoms in total. The van der Waals surface area contributed by atoms with Crippen LogP contribution in [-0.4, -0.2) is 30.1 Å². The number of para-hydroxylation sites is 1. The Morgan fingerprint density at radius 2 is 1.73 bits per heavy atom. The molecule has 0 bridgehead atoms. The number of nitrogens with one attached hydrogen (secondary N) is 1. The van der Waals surface area contributed by atoms with E-state index in [0.29, 0.717) is 10.6 Å². The summed E-state index contributed by atoms with van der Waals surface area (Å²) in [6.07, 6.45) is 0. The van der Waals surface area contributed by atoms with Gasteiger partial charge in [-0.3, -0.25) is 9.59 Å². The smallest absolute Gasteiger partial charge is 0.338 e. The van der Waals surface area contributed by atoms with Crippen LogP contribution >= 0.6 is 35.0 Å². The van der Waals surface area contributed by atoms with E-state index in [-0.39, 0.29) is 21.4 Å². The third kappa shape index (κ3) is 6.25. The molecule has 2 aromatic carbocycles. The largest absolute Gasteiger partial charge is 0.452 e. The average molecular weight is 413 g/mol. The lowest BCUT2D eigenvalue weighted by molar-refractivity contribution is -0.119. The number of benzene rings is 2. The first-order valence-corrected chi connectivity index (χ1v) is 9.02. The summed E-state index contributed by atoms with van der Waals surface area (Å²) in [6.45, 7) is -0.488. The molecule has 0 atom stereocenters. The molecular weight excluding hydrogens is 399 g/mol. The van der Waals surface area contributed by atoms with Crippen LogP contribution < -0.4 is 11.1 Å². The zero-order valence-corrected chi connectivity index (χ0v) is 15.7. The molecule has 0 fully saturated rings. The summed E-state index contributed by atoms with van der Waals surface area (Å²) in [7, 11) is 0. The summed E-state index contributed by atoms with van der Waals surface area (Å²) < 4.78 is 4.96. The van der Waals surface area contributed by atoms with Crippen LogP contribution in [0.25, 0.3) is 0 Å². The van der Waals surface area contributed by atoms with Crippen molar-refractivity contribution in [1.29, 1.82) is 0 Å². The van der Waals surface area contributed by atoms with Crippen LogP contribution in [-0.2, 0) is 14.3 Å². The molecule has 0 aromatic heterocycles. The first kappa shape index (κ1) is 20.1. The van der Waals surface area contributed by atoms with Crippen LogP contribution in [0, 0.1) is 0 Å². The first-order valence-electron chi connectivity index (χ1n) is 7.28. The van der Waals surface area contributed by atoms with E-state index in [9.17, 15) is 14.4 Å². The molecular formula is C17H14Cl2N2O4S. The van der Waals surface area contributed by atoms with E-state index in [0.717, 1.165) is 0 Å². The number of hydrogen-bond acceptors (Lipinski definition) is 5. The topological polar surface area (TPSA) is 98.5 Å². The van der Waals surface area contributed by atoms with Crippen LogP contribution in [0.2, 0.25) is 10.0 Å². The predicted octanol–water partition coefficient (Wildman–Crippen LogP) is 3.37. The number of carbonyl (C=O) groups excluding carboxylic acids is 3. The molecule has 0 unspecified atom stereocenters. The van der Waals surface area contributed by atoms with Crippen molar-refractivity contribution >= 4 is 58.4 Å². The van der Waals surface area contributed by atoms with E-state index in [1.165, 1.54) is 30.0 Å². The monoisotopic (exact) mass is 412 g/mol. The van der Waals surface area contributed by atoms with E-state index >= 15 is 0 Å². The average Bonchev–Trinajstić information content (AvgIpc) is 2.58. The number of nitrogens with two attached hydrogens (primary N) is 1. The number of carbonyl (C=O) groups is 3. The minimum Gasteiger partial charge on any atom is -0.452 e. The molecule has 2 aromatic rings. The Kier molecular flexibility index (Phi) is 7.32. The van der Waals surface area contributed by atoms with Crippen LogP contribution in [0.4, 0.5) is 5.69 Å². The van der Waals surface area contributed by atoms with Gasteiger partial charge in [0.25, 0.3) is 5.91 Å². The van der Waals surface area contributed by atoms with Crippen LogP contribution in [0.3, 0.4) is 0 Å². The zero-order valence-electron chi connectivity index (χ0n) is 13.3. The summed E-state index contributed by atoms with van der Waals surface area (Å²) in [4.78, 5) is 35.6. The predicted molar refractivity (Wildman–Crippen MR) is 102 cm³/mol. The number of amides is 2. The van der Waals surface area contributed by atoms with Crippen molar-refractivity contribution in [3.8, 4) is 0 Å². The lowest BCUT2D eigenvalue weighted by Gasteiger charge is -2.10. The van der Waals surface area contributed by atoms with Crippen molar-refractivity contribution in [2.45, 2.75) is 4.90 Å². The SMILES string of the molecule is NC(=O)CSc1ccccc1NC(=O)COC(=O)c1cc(Cl)cc(Cl)c1. The Bertz CT molecular complexity index is 825. The standard InChI is InChI=1S/C17H14Cl2N2O4S/c18-11-5-10(6-12(19)7-11)17(24)25-8-16(23)21-13-3-1-2-4-14(13)26-9-15(20)22/h1-7H,8-9H2,(H2,20,22)(H,21,23). The van der Waals surface area contributed by atoms with Gasteiger partial charge in [0.15, 0.2) is 6.61 Å². The zero-order chi connectivity index (χ0) is 19.1. The number of hydrogen-bond donors (Lipinski definition) is 2. The molecule has 9 heteroatoms. The van der Waals surface area contributed by atoms with Crippen LogP contribution in [0.5, 0.6) is 0 Å². The van der Waals surface area contributed by atoms with Gasteiger partial charge in [-0.15, -0.1) is 11.8 Å². The molecule has 0 heterocycles. The highest BCUT2D eigenvalue weighted by molar-refractivity contribution is 8.00. The van der Waals surface area contributed by atoms with Crippen molar-refractivity contribution in [3.05, 3.63) is 58.1 Å². The van der Waals surface area contributed by atoms with Gasteiger partial charge in [-0.25, -0.2) is 4.79 Å². The van der Waals surface area contributed by atoms with Crippen molar-refractivity contribution in [2.75, 3.05) is 17.7 Å². The van der Waals surface area contributed by atoms with E-state index in [1.807, 2.05) is 0 Å². The molecule has 0 spiro atoms.